The van der Waals surface area contributed by atoms with Crippen LogP contribution in [0.2, 0.25) is 0 Å². The number of hydrogen-bond donors (Lipinski definition) is 2. The van der Waals surface area contributed by atoms with Crippen LogP contribution in [0.4, 0.5) is 0 Å². The van der Waals surface area contributed by atoms with Gasteiger partial charge >= 0.3 is 5.97 Å². The number of guanidine groups is 1. The third-order valence-corrected chi connectivity index (χ3v) is 3.16. The van der Waals surface area contributed by atoms with Crippen molar-refractivity contribution in [1.82, 2.24) is 5.43 Å². The summed E-state index contributed by atoms with van der Waals surface area (Å²) < 4.78 is 10.5. The summed E-state index contributed by atoms with van der Waals surface area (Å²) in [5, 5.41) is 15.7. The van der Waals surface area contributed by atoms with Crippen LogP contribution < -0.4 is 11.2 Å². The fourth-order valence-electron chi connectivity index (χ4n) is 2.14. The molecule has 0 amide bonds. The van der Waals surface area contributed by atoms with Crippen LogP contribution in [-0.2, 0) is 11.3 Å². The second-order valence-electron chi connectivity index (χ2n) is 4.74. The molecule has 24 heavy (non-hydrogen) atoms. The molecular formula is C14H11N5O5. The number of carbonyl (C=O) groups excluding carboxylic acids is 1. The number of nitro groups is 1. The van der Waals surface area contributed by atoms with E-state index >= 15 is 0 Å². The molecule has 1 aliphatic heterocycles. The van der Waals surface area contributed by atoms with E-state index in [1.54, 1.807) is 24.3 Å². The van der Waals surface area contributed by atoms with E-state index in [1.165, 1.54) is 6.21 Å². The van der Waals surface area contributed by atoms with Gasteiger partial charge in [0, 0.05) is 11.1 Å². The summed E-state index contributed by atoms with van der Waals surface area (Å²) >= 11 is 0. The van der Waals surface area contributed by atoms with Crippen LogP contribution in [0.3, 0.4) is 0 Å². The van der Waals surface area contributed by atoms with Crippen LogP contribution in [0.25, 0.3) is 11.3 Å². The maximum absolute atomic E-state index is 11.4. The Kier molecular flexibility index (Phi) is 3.93. The van der Waals surface area contributed by atoms with E-state index in [-0.39, 0.29) is 12.6 Å². The highest BCUT2D eigenvalue weighted by atomic mass is 16.7. The van der Waals surface area contributed by atoms with Crippen molar-refractivity contribution in [3.8, 4) is 11.3 Å². The largest absolute Gasteiger partial charge is 0.457 e. The van der Waals surface area contributed by atoms with Gasteiger partial charge in [-0.3, -0.25) is 0 Å². The molecule has 0 atom stereocenters. The fraction of sp³-hybridized carbons (Fsp3) is 0.0714. The van der Waals surface area contributed by atoms with Crippen molar-refractivity contribution in [3.63, 3.8) is 0 Å². The Bertz CT molecular complexity index is 870. The van der Waals surface area contributed by atoms with Crippen molar-refractivity contribution in [2.75, 3.05) is 0 Å². The summed E-state index contributed by atoms with van der Waals surface area (Å²) in [4.78, 5) is 21.5. The highest BCUT2D eigenvalue weighted by molar-refractivity contribution is 5.94. The number of fused-ring (bicyclic) bond motifs is 1. The van der Waals surface area contributed by atoms with Crippen molar-refractivity contribution >= 4 is 18.1 Å². The van der Waals surface area contributed by atoms with Gasteiger partial charge in [-0.25, -0.2) is 20.3 Å². The third-order valence-electron chi connectivity index (χ3n) is 3.16. The van der Waals surface area contributed by atoms with Gasteiger partial charge in [-0.05, 0) is 24.3 Å². The highest BCUT2D eigenvalue weighted by Gasteiger charge is 2.21. The number of ether oxygens (including phenoxy) is 1. The van der Waals surface area contributed by atoms with Crippen LogP contribution in [0, 0.1) is 10.1 Å². The summed E-state index contributed by atoms with van der Waals surface area (Å²) in [6.45, 7) is 0.246. The zero-order valence-corrected chi connectivity index (χ0v) is 12.1. The SMILES string of the molecule is N/C(=N/[N+](=O)[O-])N/N=C/c1ccc(-c2ccc3c(c2)COC3=O)o1. The van der Waals surface area contributed by atoms with Gasteiger partial charge < -0.3 is 14.9 Å². The number of cyclic esters (lactones) is 1. The van der Waals surface area contributed by atoms with Gasteiger partial charge in [0.25, 0.3) is 5.96 Å². The minimum absolute atomic E-state index is 0.246. The van der Waals surface area contributed by atoms with Gasteiger partial charge in [-0.15, -0.1) is 0 Å². The number of carbonyl (C=O) groups is 1. The van der Waals surface area contributed by atoms with Crippen LogP contribution >= 0.6 is 0 Å². The Morgan fingerprint density at radius 3 is 3.00 bits per heavy atom. The molecule has 2 heterocycles. The molecule has 0 saturated heterocycles. The zero-order chi connectivity index (χ0) is 17.1. The molecule has 1 aromatic carbocycles. The molecule has 0 spiro atoms. The molecule has 0 saturated carbocycles. The minimum Gasteiger partial charge on any atom is -0.457 e. The molecule has 0 fully saturated rings. The van der Waals surface area contributed by atoms with E-state index in [1.807, 2.05) is 6.07 Å². The first-order chi connectivity index (χ1) is 11.5. The van der Waals surface area contributed by atoms with Crippen LogP contribution in [0.5, 0.6) is 0 Å². The average Bonchev–Trinajstić information content (AvgIpc) is 3.14. The first kappa shape index (κ1) is 15.2. The van der Waals surface area contributed by atoms with Crippen molar-refractivity contribution in [2.24, 2.45) is 15.9 Å². The Morgan fingerprint density at radius 2 is 2.21 bits per heavy atom. The summed E-state index contributed by atoms with van der Waals surface area (Å²) in [5.41, 5.74) is 9.54. The van der Waals surface area contributed by atoms with Crippen LogP contribution in [0.15, 0.2) is 45.0 Å². The van der Waals surface area contributed by atoms with E-state index in [0.717, 1.165) is 11.1 Å². The van der Waals surface area contributed by atoms with Gasteiger partial charge in [-0.1, -0.05) is 6.07 Å². The minimum atomic E-state index is -0.939. The van der Waals surface area contributed by atoms with Gasteiger partial charge in [0.15, 0.2) is 5.03 Å². The molecule has 0 unspecified atom stereocenters. The second kappa shape index (κ2) is 6.20. The molecule has 122 valence electrons. The number of rotatable bonds is 4. The van der Waals surface area contributed by atoms with Crippen molar-refractivity contribution in [2.45, 2.75) is 6.61 Å². The lowest BCUT2D eigenvalue weighted by Crippen LogP contribution is -2.28. The molecule has 10 heteroatoms. The van der Waals surface area contributed by atoms with E-state index < -0.39 is 11.0 Å². The van der Waals surface area contributed by atoms with Crippen LogP contribution in [-0.4, -0.2) is 23.2 Å². The van der Waals surface area contributed by atoms with E-state index in [0.29, 0.717) is 17.1 Å². The fourth-order valence-corrected chi connectivity index (χ4v) is 2.14. The number of nitrogens with one attached hydrogen (secondary N) is 1. The number of esters is 1. The molecule has 0 bridgehead atoms. The normalized spacial score (nSPS) is 13.8. The maximum atomic E-state index is 11.4. The number of hydrazone groups is 2. The van der Waals surface area contributed by atoms with E-state index in [4.69, 9.17) is 14.9 Å². The molecule has 0 aliphatic carbocycles. The van der Waals surface area contributed by atoms with Crippen molar-refractivity contribution < 1.29 is 19.0 Å². The summed E-state index contributed by atoms with van der Waals surface area (Å²) in [6, 6.07) is 8.66. The molecule has 0 radical (unpaired) electrons. The zero-order valence-electron chi connectivity index (χ0n) is 12.1. The van der Waals surface area contributed by atoms with Gasteiger partial charge in [0.05, 0.1) is 11.8 Å². The number of nitrogens with zero attached hydrogens (tertiary/aromatic N) is 3. The summed E-state index contributed by atoms with van der Waals surface area (Å²) in [5.74, 6) is 0.194. The van der Waals surface area contributed by atoms with E-state index in [9.17, 15) is 14.9 Å². The van der Waals surface area contributed by atoms with Gasteiger partial charge in [0.2, 0.25) is 0 Å². The average molecular weight is 329 g/mol. The van der Waals surface area contributed by atoms with Crippen molar-refractivity contribution in [3.05, 3.63) is 57.3 Å². The molecular weight excluding hydrogens is 318 g/mol. The number of furan rings is 1. The van der Waals surface area contributed by atoms with Gasteiger partial charge in [0.1, 0.15) is 23.2 Å². The molecule has 1 aliphatic rings. The standard InChI is InChI=1S/C14H11N5O5/c15-14(18-19(21)22)17-16-6-10-2-4-12(24-10)8-1-3-11-9(5-8)7-23-13(11)20/h1-6H,7H2,(H3,15,17,18)/b16-6+. The quantitative estimate of drug-likeness (QED) is 0.280. The highest BCUT2D eigenvalue weighted by Crippen LogP contribution is 2.27. The predicted octanol–water partition coefficient (Wildman–Crippen LogP) is 1.05. The topological polar surface area (TPSA) is 145 Å². The number of benzene rings is 1. The first-order valence-electron chi connectivity index (χ1n) is 6.71. The molecule has 3 N–H and O–H groups in total. The second-order valence-corrected chi connectivity index (χ2v) is 4.74. The maximum Gasteiger partial charge on any atom is 0.338 e. The first-order valence-corrected chi connectivity index (χ1v) is 6.71. The summed E-state index contributed by atoms with van der Waals surface area (Å²) in [6.07, 6.45) is 1.30. The molecule has 1 aromatic heterocycles. The van der Waals surface area contributed by atoms with Gasteiger partial charge in [-0.2, -0.15) is 5.10 Å². The molecule has 10 nitrogen and oxygen atoms in total. The van der Waals surface area contributed by atoms with Crippen LogP contribution in [0.1, 0.15) is 21.7 Å². The lowest BCUT2D eigenvalue weighted by Gasteiger charge is -1.99. The third kappa shape index (κ3) is 3.21. The number of hydrogen-bond acceptors (Lipinski definition) is 6. The smallest absolute Gasteiger partial charge is 0.338 e. The Balaban J connectivity index is 1.72. The van der Waals surface area contributed by atoms with Crippen molar-refractivity contribution in [1.29, 1.82) is 0 Å². The van der Waals surface area contributed by atoms with E-state index in [2.05, 4.69) is 15.6 Å². The lowest BCUT2D eigenvalue weighted by atomic mass is 10.0. The molecule has 2 aromatic rings. The lowest BCUT2D eigenvalue weighted by molar-refractivity contribution is -0.485. The summed E-state index contributed by atoms with van der Waals surface area (Å²) in [7, 11) is 0. The predicted molar refractivity (Wildman–Crippen MR) is 82.6 cm³/mol. The number of nitrogens with two attached hydrogens (primary N) is 1. The Hall–Kier alpha value is -3.69. The Morgan fingerprint density at radius 1 is 1.38 bits per heavy atom. The Labute approximate surface area is 134 Å². The molecule has 3 rings (SSSR count). The monoisotopic (exact) mass is 329 g/mol.